The molecule has 3 rings (SSSR count). The molecule has 0 aliphatic heterocycles. The van der Waals surface area contributed by atoms with Gasteiger partial charge < -0.3 is 15.2 Å². The summed E-state index contributed by atoms with van der Waals surface area (Å²) in [6, 6.07) is 13.0. The summed E-state index contributed by atoms with van der Waals surface area (Å²) < 4.78 is 24.2. The van der Waals surface area contributed by atoms with E-state index in [-0.39, 0.29) is 5.75 Å². The van der Waals surface area contributed by atoms with Gasteiger partial charge in [0.05, 0.1) is 12.8 Å². The van der Waals surface area contributed by atoms with Gasteiger partial charge >= 0.3 is 0 Å². The molecule has 26 heavy (non-hydrogen) atoms. The lowest BCUT2D eigenvalue weighted by Gasteiger charge is -2.10. The smallest absolute Gasteiger partial charge is 0.248 e. The topological polar surface area (TPSA) is 74.4 Å². The van der Waals surface area contributed by atoms with E-state index in [2.05, 4.69) is 4.98 Å². The molecule has 2 aromatic carbocycles. The van der Waals surface area contributed by atoms with Crippen LogP contribution in [0.5, 0.6) is 17.2 Å². The van der Waals surface area contributed by atoms with Crippen molar-refractivity contribution in [3.63, 3.8) is 0 Å². The van der Waals surface area contributed by atoms with Gasteiger partial charge in [0.15, 0.2) is 11.6 Å². The quantitative estimate of drug-likeness (QED) is 0.750. The third-order valence-electron chi connectivity index (χ3n) is 3.88. The average molecular weight is 352 g/mol. The molecular weight excluding hydrogens is 335 g/mol. The summed E-state index contributed by atoms with van der Waals surface area (Å²) in [5.74, 6) is 0.167. The van der Waals surface area contributed by atoms with E-state index in [0.717, 1.165) is 11.1 Å². The second kappa shape index (κ2) is 7.23. The van der Waals surface area contributed by atoms with Crippen molar-refractivity contribution in [3.05, 3.63) is 71.7 Å². The number of aromatic nitrogens is 1. The maximum atomic E-state index is 13.5. The first kappa shape index (κ1) is 17.4. The first-order valence-electron chi connectivity index (χ1n) is 7.86. The van der Waals surface area contributed by atoms with Crippen LogP contribution in [-0.4, -0.2) is 18.0 Å². The van der Waals surface area contributed by atoms with Gasteiger partial charge in [0.1, 0.15) is 11.5 Å². The van der Waals surface area contributed by atoms with Crippen molar-refractivity contribution in [2.75, 3.05) is 7.11 Å². The van der Waals surface area contributed by atoms with Crippen LogP contribution in [0.3, 0.4) is 0 Å². The number of carbonyl (C=O) groups excluding carboxylic acids is 1. The molecule has 0 spiro atoms. The van der Waals surface area contributed by atoms with Gasteiger partial charge in [-0.05, 0) is 42.8 Å². The van der Waals surface area contributed by atoms with E-state index in [1.54, 1.807) is 30.5 Å². The van der Waals surface area contributed by atoms with E-state index >= 15 is 0 Å². The molecular formula is C20H17FN2O3. The van der Waals surface area contributed by atoms with Crippen LogP contribution in [0.4, 0.5) is 4.39 Å². The molecule has 0 unspecified atom stereocenters. The van der Waals surface area contributed by atoms with Gasteiger partial charge in [0.25, 0.3) is 0 Å². The predicted molar refractivity (Wildman–Crippen MR) is 96.0 cm³/mol. The molecule has 0 atom stereocenters. The molecule has 0 aliphatic carbocycles. The number of ether oxygens (including phenoxy) is 2. The molecule has 0 saturated carbocycles. The number of halogens is 1. The standard InChI is InChI=1S/C20H17FN2O3/c1-12-9-13(3-5-16(12)20(22)24)18-10-15(7-8-23-18)26-14-4-6-17(21)19(11-14)25-2/h3-11H,1-2H3,(H2,22,24). The molecule has 0 saturated heterocycles. The summed E-state index contributed by atoms with van der Waals surface area (Å²) in [4.78, 5) is 15.7. The Hall–Kier alpha value is -3.41. The zero-order valence-electron chi connectivity index (χ0n) is 14.3. The largest absolute Gasteiger partial charge is 0.494 e. The minimum absolute atomic E-state index is 0.106. The van der Waals surface area contributed by atoms with Crippen LogP contribution in [0.25, 0.3) is 11.3 Å². The fourth-order valence-electron chi connectivity index (χ4n) is 2.57. The zero-order chi connectivity index (χ0) is 18.7. The van der Waals surface area contributed by atoms with Crippen LogP contribution in [0.2, 0.25) is 0 Å². The number of amides is 1. The Morgan fingerprint density at radius 1 is 1.08 bits per heavy atom. The highest BCUT2D eigenvalue weighted by Crippen LogP contribution is 2.29. The van der Waals surface area contributed by atoms with Crippen LogP contribution in [0.1, 0.15) is 15.9 Å². The first-order chi connectivity index (χ1) is 12.5. The van der Waals surface area contributed by atoms with Crippen molar-refractivity contribution >= 4 is 5.91 Å². The van der Waals surface area contributed by atoms with Crippen LogP contribution in [0.15, 0.2) is 54.7 Å². The molecule has 5 nitrogen and oxygen atoms in total. The van der Waals surface area contributed by atoms with Crippen molar-refractivity contribution in [2.24, 2.45) is 5.73 Å². The van der Waals surface area contributed by atoms with E-state index < -0.39 is 11.7 Å². The maximum Gasteiger partial charge on any atom is 0.248 e. The molecule has 1 amide bonds. The summed E-state index contributed by atoms with van der Waals surface area (Å²) >= 11 is 0. The van der Waals surface area contributed by atoms with Crippen molar-refractivity contribution in [1.82, 2.24) is 4.98 Å². The summed E-state index contributed by atoms with van der Waals surface area (Å²) in [7, 11) is 1.39. The number of pyridine rings is 1. The molecule has 0 radical (unpaired) electrons. The Labute approximate surface area is 150 Å². The van der Waals surface area contributed by atoms with E-state index in [1.165, 1.54) is 25.3 Å². The highest BCUT2D eigenvalue weighted by Gasteiger charge is 2.09. The van der Waals surface area contributed by atoms with Crippen molar-refractivity contribution in [1.29, 1.82) is 0 Å². The number of methoxy groups -OCH3 is 1. The third kappa shape index (κ3) is 3.64. The second-order valence-corrected chi connectivity index (χ2v) is 5.67. The fourth-order valence-corrected chi connectivity index (χ4v) is 2.57. The number of rotatable bonds is 5. The van der Waals surface area contributed by atoms with Crippen molar-refractivity contribution in [2.45, 2.75) is 6.92 Å². The minimum atomic E-state index is -0.468. The maximum absolute atomic E-state index is 13.5. The number of nitrogens with zero attached hydrogens (tertiary/aromatic N) is 1. The van der Waals surface area contributed by atoms with Gasteiger partial charge in [-0.3, -0.25) is 9.78 Å². The monoisotopic (exact) mass is 352 g/mol. The number of benzene rings is 2. The minimum Gasteiger partial charge on any atom is -0.494 e. The Balaban J connectivity index is 1.89. The lowest BCUT2D eigenvalue weighted by Crippen LogP contribution is -2.12. The van der Waals surface area contributed by atoms with Crippen LogP contribution in [-0.2, 0) is 0 Å². The first-order valence-corrected chi connectivity index (χ1v) is 7.86. The Kier molecular flexibility index (Phi) is 4.84. The summed E-state index contributed by atoms with van der Waals surface area (Å²) in [5.41, 5.74) is 8.08. The van der Waals surface area contributed by atoms with Gasteiger partial charge in [-0.25, -0.2) is 4.39 Å². The number of primary amides is 1. The molecule has 0 aliphatic rings. The normalized spacial score (nSPS) is 10.4. The number of hydrogen-bond acceptors (Lipinski definition) is 4. The van der Waals surface area contributed by atoms with Crippen LogP contribution >= 0.6 is 0 Å². The van der Waals surface area contributed by atoms with Crippen molar-refractivity contribution < 1.29 is 18.7 Å². The lowest BCUT2D eigenvalue weighted by atomic mass is 10.0. The second-order valence-electron chi connectivity index (χ2n) is 5.67. The van der Waals surface area contributed by atoms with Gasteiger partial charge in [-0.15, -0.1) is 0 Å². The summed E-state index contributed by atoms with van der Waals surface area (Å²) in [6.07, 6.45) is 1.61. The SMILES string of the molecule is COc1cc(Oc2ccnc(-c3ccc(C(N)=O)c(C)c3)c2)ccc1F. The third-order valence-corrected chi connectivity index (χ3v) is 3.88. The van der Waals surface area contributed by atoms with E-state index in [4.69, 9.17) is 15.2 Å². The molecule has 3 aromatic rings. The van der Waals surface area contributed by atoms with Crippen LogP contribution in [0, 0.1) is 12.7 Å². The number of aryl methyl sites for hydroxylation is 1. The van der Waals surface area contributed by atoms with Gasteiger partial charge in [0.2, 0.25) is 5.91 Å². The molecule has 132 valence electrons. The lowest BCUT2D eigenvalue weighted by molar-refractivity contribution is 0.0999. The summed E-state index contributed by atoms with van der Waals surface area (Å²) in [5, 5.41) is 0. The van der Waals surface area contributed by atoms with Gasteiger partial charge in [-0.2, -0.15) is 0 Å². The Morgan fingerprint density at radius 2 is 1.85 bits per heavy atom. The Morgan fingerprint density at radius 3 is 2.54 bits per heavy atom. The molecule has 6 heteroatoms. The molecule has 1 heterocycles. The van der Waals surface area contributed by atoms with E-state index in [9.17, 15) is 9.18 Å². The van der Waals surface area contributed by atoms with Crippen LogP contribution < -0.4 is 15.2 Å². The van der Waals surface area contributed by atoms with E-state index in [0.29, 0.717) is 22.8 Å². The number of hydrogen-bond donors (Lipinski definition) is 1. The highest BCUT2D eigenvalue weighted by atomic mass is 19.1. The molecule has 0 bridgehead atoms. The molecule has 2 N–H and O–H groups in total. The highest BCUT2D eigenvalue weighted by molar-refractivity contribution is 5.94. The Bertz CT molecular complexity index is 973. The average Bonchev–Trinajstić information content (AvgIpc) is 2.63. The van der Waals surface area contributed by atoms with E-state index in [1.807, 2.05) is 13.0 Å². The van der Waals surface area contributed by atoms with Gasteiger partial charge in [-0.1, -0.05) is 6.07 Å². The zero-order valence-corrected chi connectivity index (χ0v) is 14.3. The summed E-state index contributed by atoms with van der Waals surface area (Å²) in [6.45, 7) is 1.81. The van der Waals surface area contributed by atoms with Gasteiger partial charge in [0, 0.05) is 29.5 Å². The number of nitrogens with two attached hydrogens (primary N) is 1. The fraction of sp³-hybridized carbons (Fsp3) is 0.100. The predicted octanol–water partition coefficient (Wildman–Crippen LogP) is 4.10. The molecule has 0 fully saturated rings. The van der Waals surface area contributed by atoms with Crippen molar-refractivity contribution in [3.8, 4) is 28.5 Å². The molecule has 1 aromatic heterocycles. The number of carbonyl (C=O) groups is 1.